The normalized spacial score (nSPS) is 13.8. The molecule has 2 aromatic heterocycles. The molecule has 2 heterocycles. The maximum Gasteiger partial charge on any atom is 0.433 e. The highest BCUT2D eigenvalue weighted by Crippen LogP contribution is 2.37. The van der Waals surface area contributed by atoms with Crippen molar-refractivity contribution in [2.75, 3.05) is 6.61 Å². The zero-order chi connectivity index (χ0) is 29.1. The number of carbonyl (C=O) groups is 1. The zero-order valence-corrected chi connectivity index (χ0v) is 25.3. The Balaban J connectivity index is 2.25. The number of hydrogen-bond donors (Lipinski definition) is 1. The maximum atomic E-state index is 13.7. The van der Waals surface area contributed by atoms with E-state index in [0.717, 1.165) is 11.6 Å². The van der Waals surface area contributed by atoms with Crippen molar-refractivity contribution >= 4 is 14.4 Å². The number of amides is 1. The summed E-state index contributed by atoms with van der Waals surface area (Å²) in [5.74, 6) is 0. The van der Waals surface area contributed by atoms with Gasteiger partial charge in [-0.15, -0.1) is 0 Å². The number of aromatic nitrogens is 2. The van der Waals surface area contributed by atoms with Gasteiger partial charge in [0, 0.05) is 24.1 Å². The van der Waals surface area contributed by atoms with Crippen LogP contribution in [0.3, 0.4) is 0 Å². The molecule has 0 radical (unpaired) electrons. The van der Waals surface area contributed by atoms with Crippen LogP contribution in [-0.2, 0) is 21.8 Å². The van der Waals surface area contributed by atoms with Gasteiger partial charge in [-0.25, -0.2) is 9.78 Å². The molecule has 0 saturated carbocycles. The topological polar surface area (TPSA) is 73.3 Å². The fourth-order valence-electron chi connectivity index (χ4n) is 3.49. The van der Waals surface area contributed by atoms with Crippen LogP contribution in [0.2, 0.25) is 18.1 Å². The molecule has 212 valence electrons. The quantitative estimate of drug-likeness (QED) is 0.265. The van der Waals surface area contributed by atoms with E-state index in [4.69, 9.17) is 9.16 Å². The molecule has 0 aliphatic rings. The summed E-state index contributed by atoms with van der Waals surface area (Å²) in [4.78, 5) is 20.4. The Morgan fingerprint density at radius 2 is 1.71 bits per heavy atom. The fraction of sp³-hybridized carbons (Fsp3) is 0.607. The van der Waals surface area contributed by atoms with Gasteiger partial charge in [-0.05, 0) is 94.9 Å². The summed E-state index contributed by atoms with van der Waals surface area (Å²) >= 11 is 0. The van der Waals surface area contributed by atoms with Crippen molar-refractivity contribution < 1.29 is 27.1 Å². The lowest BCUT2D eigenvalue weighted by atomic mass is 9.99. The van der Waals surface area contributed by atoms with E-state index in [-0.39, 0.29) is 5.04 Å². The highest BCUT2D eigenvalue weighted by molar-refractivity contribution is 6.74. The molecular weight excluding hydrogens is 511 g/mol. The maximum absolute atomic E-state index is 13.7. The number of alkyl carbamates (subject to hydrolysis) is 1. The molecule has 1 atom stereocenters. The average molecular weight is 554 g/mol. The molecule has 38 heavy (non-hydrogen) atoms. The molecule has 10 heteroatoms. The van der Waals surface area contributed by atoms with Crippen molar-refractivity contribution in [1.29, 1.82) is 0 Å². The number of carbonyl (C=O) groups excluding carboxylic acids is 1. The van der Waals surface area contributed by atoms with Gasteiger partial charge in [0.15, 0.2) is 8.32 Å². The van der Waals surface area contributed by atoms with Gasteiger partial charge in [0.1, 0.15) is 11.3 Å². The summed E-state index contributed by atoms with van der Waals surface area (Å²) in [6, 6.07) is 4.06. The Labute approximate surface area is 225 Å². The second kappa shape index (κ2) is 11.7. The number of ether oxygens (including phenoxy) is 1. The van der Waals surface area contributed by atoms with Crippen LogP contribution < -0.4 is 5.32 Å². The molecule has 0 aromatic carbocycles. The van der Waals surface area contributed by atoms with E-state index in [1.165, 1.54) is 6.20 Å². The molecule has 0 spiro atoms. The van der Waals surface area contributed by atoms with Gasteiger partial charge >= 0.3 is 12.3 Å². The number of nitrogens with zero attached hydrogens (tertiary/aromatic N) is 2. The number of hydrogen-bond acceptors (Lipinski definition) is 5. The molecule has 0 aliphatic carbocycles. The third-order valence-electron chi connectivity index (χ3n) is 6.64. The summed E-state index contributed by atoms with van der Waals surface area (Å²) in [6.07, 6.45) is -2.66. The van der Waals surface area contributed by atoms with Crippen LogP contribution in [0.5, 0.6) is 0 Å². The lowest BCUT2D eigenvalue weighted by Crippen LogP contribution is -2.41. The van der Waals surface area contributed by atoms with E-state index in [2.05, 4.69) is 49.1 Å². The van der Waals surface area contributed by atoms with E-state index in [1.807, 2.05) is 0 Å². The first-order valence-electron chi connectivity index (χ1n) is 12.9. The smallest absolute Gasteiger partial charge is 0.433 e. The molecule has 0 bridgehead atoms. The Bertz CT molecular complexity index is 1120. The monoisotopic (exact) mass is 553 g/mol. The third kappa shape index (κ3) is 9.08. The van der Waals surface area contributed by atoms with E-state index in [9.17, 15) is 18.0 Å². The number of rotatable bonds is 8. The van der Waals surface area contributed by atoms with Crippen molar-refractivity contribution in [3.8, 4) is 11.1 Å². The Morgan fingerprint density at radius 1 is 1.08 bits per heavy atom. The van der Waals surface area contributed by atoms with Gasteiger partial charge in [-0.1, -0.05) is 20.8 Å². The molecule has 0 unspecified atom stereocenters. The van der Waals surface area contributed by atoms with Gasteiger partial charge in [0.25, 0.3) is 0 Å². The summed E-state index contributed by atoms with van der Waals surface area (Å²) in [7, 11) is -1.93. The second-order valence-corrected chi connectivity index (χ2v) is 17.0. The summed E-state index contributed by atoms with van der Waals surface area (Å²) in [6.45, 7) is 20.1. The minimum absolute atomic E-state index is 0.0607. The summed E-state index contributed by atoms with van der Waals surface area (Å²) in [5, 5.41) is 2.79. The Kier molecular flexibility index (Phi) is 9.80. The molecule has 1 amide bonds. The first-order valence-corrected chi connectivity index (χ1v) is 15.8. The van der Waals surface area contributed by atoms with Crippen molar-refractivity contribution in [2.45, 2.75) is 104 Å². The number of alkyl halides is 3. The van der Waals surface area contributed by atoms with E-state index < -0.39 is 37.9 Å². The Hall–Kier alpha value is -2.46. The highest BCUT2D eigenvalue weighted by atomic mass is 28.4. The number of aryl methyl sites for hydroxylation is 2. The predicted molar refractivity (Wildman–Crippen MR) is 146 cm³/mol. The molecule has 1 N–H and O–H groups in total. The standard InChI is InChI=1S/C28H42F3N3O3Si/c1-18-14-23(19(2)33-25(35)37-26(3,4)5)32-17-22(18)20-15-21(34-24(16-20)28(29,30)31)12-11-13-36-38(9,10)27(6,7)8/h14-17,19H,11-13H2,1-10H3,(H,33,35)/t19-/m0/s1. The molecule has 0 fully saturated rings. The third-order valence-corrected chi connectivity index (χ3v) is 11.2. The van der Waals surface area contributed by atoms with Crippen LogP contribution in [-0.4, -0.2) is 36.6 Å². The minimum atomic E-state index is -4.57. The van der Waals surface area contributed by atoms with Gasteiger partial charge < -0.3 is 14.5 Å². The molecule has 2 rings (SSSR count). The lowest BCUT2D eigenvalue weighted by molar-refractivity contribution is -0.141. The molecule has 0 saturated heterocycles. The van der Waals surface area contributed by atoms with Crippen molar-refractivity contribution in [3.05, 3.63) is 47.0 Å². The van der Waals surface area contributed by atoms with E-state index >= 15 is 0 Å². The van der Waals surface area contributed by atoms with Gasteiger partial charge in [-0.2, -0.15) is 13.2 Å². The first-order chi connectivity index (χ1) is 17.2. The van der Waals surface area contributed by atoms with Crippen molar-refractivity contribution in [2.24, 2.45) is 0 Å². The number of halogens is 3. The number of nitrogens with one attached hydrogen (secondary N) is 1. The molecular formula is C28H42F3N3O3Si. The highest BCUT2D eigenvalue weighted by Gasteiger charge is 2.37. The van der Waals surface area contributed by atoms with Crippen LogP contribution in [0.25, 0.3) is 11.1 Å². The van der Waals surface area contributed by atoms with Crippen LogP contribution in [0.15, 0.2) is 24.4 Å². The first kappa shape index (κ1) is 31.8. The van der Waals surface area contributed by atoms with Crippen molar-refractivity contribution in [3.63, 3.8) is 0 Å². The lowest BCUT2D eigenvalue weighted by Gasteiger charge is -2.36. The van der Waals surface area contributed by atoms with Gasteiger partial charge in [-0.3, -0.25) is 4.98 Å². The molecule has 2 aromatic rings. The summed E-state index contributed by atoms with van der Waals surface area (Å²) in [5.41, 5.74) is 1.07. The molecule has 6 nitrogen and oxygen atoms in total. The predicted octanol–water partition coefficient (Wildman–Crippen LogP) is 8.01. The van der Waals surface area contributed by atoms with Gasteiger partial charge in [0.2, 0.25) is 0 Å². The largest absolute Gasteiger partial charge is 0.444 e. The molecule has 0 aliphatic heterocycles. The van der Waals surface area contributed by atoms with Crippen LogP contribution >= 0.6 is 0 Å². The average Bonchev–Trinajstić information content (AvgIpc) is 2.73. The second-order valence-electron chi connectivity index (χ2n) is 12.2. The summed E-state index contributed by atoms with van der Waals surface area (Å²) < 4.78 is 52.6. The van der Waals surface area contributed by atoms with Crippen LogP contribution in [0.4, 0.5) is 18.0 Å². The van der Waals surface area contributed by atoms with Crippen LogP contribution in [0.1, 0.15) is 83.6 Å². The van der Waals surface area contributed by atoms with Crippen LogP contribution in [0, 0.1) is 6.92 Å². The van der Waals surface area contributed by atoms with Gasteiger partial charge in [0.05, 0.1) is 11.7 Å². The SMILES string of the molecule is Cc1cc([C@H](C)NC(=O)OC(C)(C)C)ncc1-c1cc(CCCO[Si](C)(C)C(C)(C)C)nc(C(F)(F)F)c1. The van der Waals surface area contributed by atoms with E-state index in [1.54, 1.807) is 46.8 Å². The Morgan fingerprint density at radius 3 is 2.24 bits per heavy atom. The van der Waals surface area contributed by atoms with Crippen molar-refractivity contribution in [1.82, 2.24) is 15.3 Å². The van der Waals surface area contributed by atoms with E-state index in [0.29, 0.717) is 42.0 Å². The number of pyridine rings is 2. The zero-order valence-electron chi connectivity index (χ0n) is 24.3. The minimum Gasteiger partial charge on any atom is -0.444 e. The fourth-order valence-corrected chi connectivity index (χ4v) is 4.58.